The first-order chi connectivity index (χ1) is 16.2. The number of aliphatic hydroxyl groups excluding tert-OH is 3. The number of ether oxygens (including phenoxy) is 2. The molecule has 5 N–H and O–H groups in total. The summed E-state index contributed by atoms with van der Waals surface area (Å²) in [5, 5.41) is 30.5. The Morgan fingerprint density at radius 3 is 2.38 bits per heavy atom. The molecule has 5 atom stereocenters. The smallest absolute Gasteiger partial charge is 0.325 e. The second kappa shape index (κ2) is 12.0. The SMILES string of the molecule is C#CCCCCc1cccc(-c2ccc(OC3O[C@H](CCP(=O)(O)O)[C@@H](O)[C@H](O)[C@@H]3O)cc2)c1. The maximum Gasteiger partial charge on any atom is 0.325 e. The Bertz CT molecular complexity index is 1010. The lowest BCUT2D eigenvalue weighted by Crippen LogP contribution is -2.59. The third-order valence-electron chi connectivity index (χ3n) is 5.78. The summed E-state index contributed by atoms with van der Waals surface area (Å²) >= 11 is 0. The highest BCUT2D eigenvalue weighted by molar-refractivity contribution is 7.51. The maximum atomic E-state index is 11.2. The fourth-order valence-electron chi connectivity index (χ4n) is 3.87. The van der Waals surface area contributed by atoms with Crippen LogP contribution in [0, 0.1) is 12.3 Å². The van der Waals surface area contributed by atoms with Gasteiger partial charge in [-0.2, -0.15) is 0 Å². The number of hydrogen-bond acceptors (Lipinski definition) is 6. The molecule has 0 spiro atoms. The summed E-state index contributed by atoms with van der Waals surface area (Å²) in [4.78, 5) is 18.2. The summed E-state index contributed by atoms with van der Waals surface area (Å²) < 4.78 is 22.4. The van der Waals surface area contributed by atoms with Crippen molar-refractivity contribution in [2.24, 2.45) is 0 Å². The highest BCUT2D eigenvalue weighted by atomic mass is 31.2. The van der Waals surface area contributed by atoms with Crippen molar-refractivity contribution in [3.05, 3.63) is 54.1 Å². The largest absolute Gasteiger partial charge is 0.462 e. The average molecular weight is 490 g/mol. The van der Waals surface area contributed by atoms with Crippen molar-refractivity contribution in [2.75, 3.05) is 6.16 Å². The molecular weight excluding hydrogens is 459 g/mol. The molecule has 3 rings (SSSR count). The molecule has 1 heterocycles. The summed E-state index contributed by atoms with van der Waals surface area (Å²) in [5.74, 6) is 3.02. The second-order valence-electron chi connectivity index (χ2n) is 8.45. The first-order valence-corrected chi connectivity index (χ1v) is 13.0. The molecule has 1 saturated heterocycles. The van der Waals surface area contributed by atoms with E-state index in [2.05, 4.69) is 18.1 Å². The van der Waals surface area contributed by atoms with Crippen LogP contribution in [0.1, 0.15) is 31.2 Å². The van der Waals surface area contributed by atoms with E-state index in [1.54, 1.807) is 12.1 Å². The van der Waals surface area contributed by atoms with E-state index in [-0.39, 0.29) is 6.42 Å². The van der Waals surface area contributed by atoms with Crippen molar-refractivity contribution in [3.8, 4) is 29.2 Å². The van der Waals surface area contributed by atoms with E-state index in [0.29, 0.717) is 5.75 Å². The number of rotatable bonds is 10. The third kappa shape index (κ3) is 7.39. The molecule has 0 amide bonds. The van der Waals surface area contributed by atoms with Crippen molar-refractivity contribution < 1.29 is 39.1 Å². The van der Waals surface area contributed by atoms with Crippen LogP contribution in [0.25, 0.3) is 11.1 Å². The van der Waals surface area contributed by atoms with Gasteiger partial charge in [0.25, 0.3) is 0 Å². The van der Waals surface area contributed by atoms with Crippen molar-refractivity contribution in [1.82, 2.24) is 0 Å². The predicted octanol–water partition coefficient (Wildman–Crippen LogP) is 2.45. The number of unbranched alkanes of at least 4 members (excludes halogenated alkanes) is 2. The molecule has 2 aromatic carbocycles. The monoisotopic (exact) mass is 490 g/mol. The van der Waals surface area contributed by atoms with Crippen LogP contribution >= 0.6 is 7.60 Å². The van der Waals surface area contributed by atoms with Gasteiger partial charge in [0.05, 0.1) is 12.3 Å². The van der Waals surface area contributed by atoms with Crippen molar-refractivity contribution in [3.63, 3.8) is 0 Å². The zero-order chi connectivity index (χ0) is 24.7. The van der Waals surface area contributed by atoms with Gasteiger partial charge < -0.3 is 34.6 Å². The van der Waals surface area contributed by atoms with Crippen LogP contribution in [0.5, 0.6) is 5.75 Å². The molecule has 0 radical (unpaired) electrons. The maximum absolute atomic E-state index is 11.2. The Balaban J connectivity index is 1.64. The summed E-state index contributed by atoms with van der Waals surface area (Å²) in [6.07, 6.45) is 1.30. The Labute approximate surface area is 199 Å². The van der Waals surface area contributed by atoms with Crippen LogP contribution < -0.4 is 4.74 Å². The van der Waals surface area contributed by atoms with E-state index in [4.69, 9.17) is 25.7 Å². The van der Waals surface area contributed by atoms with Gasteiger partial charge in [-0.15, -0.1) is 12.3 Å². The quantitative estimate of drug-likeness (QED) is 0.195. The predicted molar refractivity (Wildman–Crippen MR) is 127 cm³/mol. The van der Waals surface area contributed by atoms with Gasteiger partial charge in [-0.1, -0.05) is 36.4 Å². The van der Waals surface area contributed by atoms with Crippen molar-refractivity contribution >= 4 is 7.60 Å². The minimum absolute atomic E-state index is 0.201. The number of hydrogen-bond donors (Lipinski definition) is 5. The van der Waals surface area contributed by atoms with Crippen LogP contribution in [0.4, 0.5) is 0 Å². The summed E-state index contributed by atoms with van der Waals surface area (Å²) in [7, 11) is -4.31. The molecule has 2 aromatic rings. The Morgan fingerprint density at radius 1 is 0.971 bits per heavy atom. The molecule has 34 heavy (non-hydrogen) atoms. The first-order valence-electron chi connectivity index (χ1n) is 11.2. The van der Waals surface area contributed by atoms with Gasteiger partial charge in [-0.05, 0) is 54.5 Å². The summed E-state index contributed by atoms with van der Waals surface area (Å²) in [5.41, 5.74) is 3.24. The molecule has 0 aromatic heterocycles. The Morgan fingerprint density at radius 2 is 1.71 bits per heavy atom. The molecular formula is C25H31O8P. The highest BCUT2D eigenvalue weighted by Gasteiger charge is 2.45. The molecule has 1 aliphatic rings. The van der Waals surface area contributed by atoms with E-state index in [1.807, 2.05) is 24.3 Å². The lowest BCUT2D eigenvalue weighted by molar-refractivity contribution is -0.272. The van der Waals surface area contributed by atoms with Gasteiger partial charge in [0.15, 0.2) is 0 Å². The average Bonchev–Trinajstić information content (AvgIpc) is 2.81. The number of terminal acetylenes is 1. The Kier molecular flexibility index (Phi) is 9.29. The molecule has 1 aliphatic heterocycles. The molecule has 0 bridgehead atoms. The molecule has 0 aliphatic carbocycles. The van der Waals surface area contributed by atoms with E-state index in [9.17, 15) is 19.9 Å². The van der Waals surface area contributed by atoms with Crippen LogP contribution in [0.3, 0.4) is 0 Å². The first kappa shape index (κ1) is 26.4. The lowest BCUT2D eigenvalue weighted by Gasteiger charge is -2.40. The fraction of sp³-hybridized carbons (Fsp3) is 0.440. The van der Waals surface area contributed by atoms with E-state index in [0.717, 1.165) is 36.8 Å². The number of aliphatic hydroxyl groups is 3. The van der Waals surface area contributed by atoms with Crippen LogP contribution in [0.2, 0.25) is 0 Å². The van der Waals surface area contributed by atoms with Crippen LogP contribution in [0.15, 0.2) is 48.5 Å². The van der Waals surface area contributed by atoms with Gasteiger partial charge >= 0.3 is 7.60 Å². The highest BCUT2D eigenvalue weighted by Crippen LogP contribution is 2.37. The molecule has 184 valence electrons. The van der Waals surface area contributed by atoms with Crippen LogP contribution in [-0.2, 0) is 15.7 Å². The zero-order valence-electron chi connectivity index (χ0n) is 18.7. The molecule has 8 nitrogen and oxygen atoms in total. The summed E-state index contributed by atoms with van der Waals surface area (Å²) in [6.45, 7) is 0. The van der Waals surface area contributed by atoms with Crippen molar-refractivity contribution in [2.45, 2.75) is 62.8 Å². The normalized spacial score (nSPS) is 25.0. The fourth-order valence-corrected chi connectivity index (χ4v) is 4.46. The number of benzene rings is 2. The zero-order valence-corrected chi connectivity index (χ0v) is 19.6. The van der Waals surface area contributed by atoms with E-state index < -0.39 is 44.5 Å². The van der Waals surface area contributed by atoms with Gasteiger partial charge in [0.1, 0.15) is 24.1 Å². The molecule has 9 heteroatoms. The Hall–Kier alpha value is -2.21. The van der Waals surface area contributed by atoms with E-state index in [1.165, 1.54) is 5.56 Å². The lowest BCUT2D eigenvalue weighted by atomic mass is 9.97. The second-order valence-corrected chi connectivity index (χ2v) is 10.2. The van der Waals surface area contributed by atoms with Gasteiger partial charge in [0, 0.05) is 6.42 Å². The molecule has 1 fully saturated rings. The van der Waals surface area contributed by atoms with E-state index >= 15 is 0 Å². The summed E-state index contributed by atoms with van der Waals surface area (Å²) in [6, 6.07) is 15.4. The molecule has 0 saturated carbocycles. The minimum atomic E-state index is -4.31. The van der Waals surface area contributed by atoms with Crippen molar-refractivity contribution in [1.29, 1.82) is 0 Å². The van der Waals surface area contributed by atoms with Gasteiger partial charge in [-0.25, -0.2) is 0 Å². The minimum Gasteiger partial charge on any atom is -0.462 e. The van der Waals surface area contributed by atoms with Gasteiger partial charge in [-0.3, -0.25) is 4.57 Å². The van der Waals surface area contributed by atoms with Gasteiger partial charge in [0.2, 0.25) is 6.29 Å². The number of aryl methyl sites for hydroxylation is 1. The standard InChI is InChI=1S/C25H31O8P/c1-2-3-4-5-7-17-8-6-9-19(16-17)18-10-12-20(13-11-18)32-25-24(28)23(27)22(26)21(33-25)14-15-34(29,30)31/h1,6,8-13,16,21-28H,3-5,7,14-15H2,(H2,29,30,31)/t21-,22-,23+,24+,25?/m1/s1. The van der Waals surface area contributed by atoms with Crippen LogP contribution in [-0.4, -0.2) is 62.0 Å². The molecule has 1 unspecified atom stereocenters. The third-order valence-corrected chi connectivity index (χ3v) is 6.62. The topological polar surface area (TPSA) is 137 Å².